The Balaban J connectivity index is 2.06. The lowest BCUT2D eigenvalue weighted by molar-refractivity contribution is -0.126. The molecule has 0 saturated carbocycles. The Hall–Kier alpha value is -1.71. The van der Waals surface area contributed by atoms with Crippen LogP contribution in [0.4, 0.5) is 0 Å². The van der Waals surface area contributed by atoms with Crippen molar-refractivity contribution >= 4 is 11.7 Å². The van der Waals surface area contributed by atoms with Gasteiger partial charge in [0.15, 0.2) is 0 Å². The normalized spacial score (nSPS) is 16.4. The van der Waals surface area contributed by atoms with Crippen molar-refractivity contribution in [1.29, 1.82) is 0 Å². The molecule has 1 aliphatic rings. The van der Waals surface area contributed by atoms with E-state index in [9.17, 15) is 9.59 Å². The second-order valence-corrected chi connectivity index (χ2v) is 4.27. The van der Waals surface area contributed by atoms with Gasteiger partial charge in [-0.25, -0.2) is 0 Å². The Kier molecular flexibility index (Phi) is 3.85. The maximum absolute atomic E-state index is 12.0. The van der Waals surface area contributed by atoms with E-state index in [-0.39, 0.29) is 5.91 Å². The van der Waals surface area contributed by atoms with Crippen LogP contribution in [0.25, 0.3) is 0 Å². The minimum Gasteiger partial charge on any atom is -0.336 e. The van der Waals surface area contributed by atoms with Gasteiger partial charge in [0.25, 0.3) is 5.91 Å². The number of aromatic nitrogens is 1. The van der Waals surface area contributed by atoms with E-state index in [2.05, 4.69) is 4.98 Å². The molecule has 0 N–H and O–H groups in total. The van der Waals surface area contributed by atoms with Crippen molar-refractivity contribution in [2.75, 3.05) is 13.1 Å². The standard InChI is InChI=1S/C13H16N2O2/c16-12(11-5-7-14-8-6-11)13(17)15-9-3-1-2-4-10-15/h5-8H,1-4,9-10H2. The van der Waals surface area contributed by atoms with E-state index >= 15 is 0 Å². The Labute approximate surface area is 101 Å². The van der Waals surface area contributed by atoms with Crippen LogP contribution >= 0.6 is 0 Å². The summed E-state index contributed by atoms with van der Waals surface area (Å²) in [5.74, 6) is -0.799. The Morgan fingerprint density at radius 2 is 1.59 bits per heavy atom. The predicted octanol–water partition coefficient (Wildman–Crippen LogP) is 1.67. The first-order valence-electron chi connectivity index (χ1n) is 6.02. The maximum atomic E-state index is 12.0. The molecule has 4 nitrogen and oxygen atoms in total. The van der Waals surface area contributed by atoms with E-state index in [1.54, 1.807) is 17.0 Å². The third-order valence-electron chi connectivity index (χ3n) is 3.03. The number of Topliss-reactive ketones (excluding diaryl/α,β-unsaturated/α-hetero) is 1. The Morgan fingerprint density at radius 1 is 1.00 bits per heavy atom. The van der Waals surface area contributed by atoms with E-state index in [0.29, 0.717) is 18.7 Å². The molecule has 90 valence electrons. The van der Waals surface area contributed by atoms with E-state index in [1.165, 1.54) is 12.4 Å². The molecular formula is C13H16N2O2. The topological polar surface area (TPSA) is 50.3 Å². The number of amides is 1. The zero-order valence-corrected chi connectivity index (χ0v) is 9.76. The molecule has 1 aliphatic heterocycles. The summed E-state index contributed by atoms with van der Waals surface area (Å²) in [5.41, 5.74) is 0.425. The van der Waals surface area contributed by atoms with Crippen molar-refractivity contribution in [3.8, 4) is 0 Å². The minimum absolute atomic E-state index is 0.377. The van der Waals surface area contributed by atoms with Gasteiger partial charge in [0.1, 0.15) is 0 Å². The van der Waals surface area contributed by atoms with Crippen molar-refractivity contribution < 1.29 is 9.59 Å². The maximum Gasteiger partial charge on any atom is 0.294 e. The molecule has 0 aliphatic carbocycles. The van der Waals surface area contributed by atoms with Crippen LogP contribution in [0, 0.1) is 0 Å². The second-order valence-electron chi connectivity index (χ2n) is 4.27. The van der Waals surface area contributed by atoms with Gasteiger partial charge in [-0.05, 0) is 25.0 Å². The molecule has 0 bridgehead atoms. The summed E-state index contributed by atoms with van der Waals surface area (Å²) < 4.78 is 0. The van der Waals surface area contributed by atoms with Gasteiger partial charge >= 0.3 is 0 Å². The van der Waals surface area contributed by atoms with Gasteiger partial charge in [0, 0.05) is 31.0 Å². The Bertz CT molecular complexity index is 395. The van der Waals surface area contributed by atoms with Crippen molar-refractivity contribution in [1.82, 2.24) is 9.88 Å². The third-order valence-corrected chi connectivity index (χ3v) is 3.03. The lowest BCUT2D eigenvalue weighted by Crippen LogP contribution is -2.37. The predicted molar refractivity (Wildman–Crippen MR) is 63.6 cm³/mol. The van der Waals surface area contributed by atoms with Crippen LogP contribution in [0.5, 0.6) is 0 Å². The highest BCUT2D eigenvalue weighted by Crippen LogP contribution is 2.11. The molecule has 0 aromatic carbocycles. The molecule has 4 heteroatoms. The fourth-order valence-electron chi connectivity index (χ4n) is 2.04. The molecular weight excluding hydrogens is 216 g/mol. The number of pyridine rings is 1. The molecule has 17 heavy (non-hydrogen) atoms. The largest absolute Gasteiger partial charge is 0.336 e. The van der Waals surface area contributed by atoms with Crippen LogP contribution in [-0.2, 0) is 4.79 Å². The molecule has 2 heterocycles. The summed E-state index contributed by atoms with van der Waals surface area (Å²) in [6, 6.07) is 3.16. The molecule has 1 amide bonds. The van der Waals surface area contributed by atoms with Crippen LogP contribution in [0.1, 0.15) is 36.0 Å². The van der Waals surface area contributed by atoms with Crippen LogP contribution in [0.2, 0.25) is 0 Å². The van der Waals surface area contributed by atoms with Gasteiger partial charge < -0.3 is 4.90 Å². The summed E-state index contributed by atoms with van der Waals surface area (Å²) in [7, 11) is 0. The number of carbonyl (C=O) groups excluding carboxylic acids is 2. The molecule has 2 rings (SSSR count). The van der Waals surface area contributed by atoms with Crippen LogP contribution in [-0.4, -0.2) is 34.7 Å². The molecule has 0 unspecified atom stereocenters. The molecule has 0 atom stereocenters. The number of nitrogens with zero attached hydrogens (tertiary/aromatic N) is 2. The second kappa shape index (κ2) is 5.57. The molecule has 1 aromatic heterocycles. The summed E-state index contributed by atoms with van der Waals surface area (Å²) in [5, 5.41) is 0. The quantitative estimate of drug-likeness (QED) is 0.575. The zero-order chi connectivity index (χ0) is 12.1. The minimum atomic E-state index is -0.422. The number of ketones is 1. The number of hydrogen-bond donors (Lipinski definition) is 0. The van der Waals surface area contributed by atoms with Gasteiger partial charge in [-0.15, -0.1) is 0 Å². The summed E-state index contributed by atoms with van der Waals surface area (Å²) in [4.78, 5) is 29.5. The first kappa shape index (κ1) is 11.8. The monoisotopic (exact) mass is 232 g/mol. The fraction of sp³-hybridized carbons (Fsp3) is 0.462. The summed E-state index contributed by atoms with van der Waals surface area (Å²) >= 11 is 0. The van der Waals surface area contributed by atoms with E-state index in [0.717, 1.165) is 25.7 Å². The highest BCUT2D eigenvalue weighted by atomic mass is 16.2. The summed E-state index contributed by atoms with van der Waals surface area (Å²) in [6.45, 7) is 1.41. The van der Waals surface area contributed by atoms with Crippen molar-refractivity contribution in [3.05, 3.63) is 30.1 Å². The highest BCUT2D eigenvalue weighted by molar-refractivity contribution is 6.42. The van der Waals surface area contributed by atoms with Crippen molar-refractivity contribution in [2.45, 2.75) is 25.7 Å². The molecule has 1 saturated heterocycles. The van der Waals surface area contributed by atoms with Crippen LogP contribution in [0.3, 0.4) is 0 Å². The number of rotatable bonds is 2. The number of likely N-dealkylation sites (tertiary alicyclic amines) is 1. The van der Waals surface area contributed by atoms with Gasteiger partial charge in [-0.1, -0.05) is 12.8 Å². The van der Waals surface area contributed by atoms with E-state index < -0.39 is 5.78 Å². The van der Waals surface area contributed by atoms with Gasteiger partial charge in [-0.2, -0.15) is 0 Å². The fourth-order valence-corrected chi connectivity index (χ4v) is 2.04. The average molecular weight is 232 g/mol. The number of carbonyl (C=O) groups is 2. The van der Waals surface area contributed by atoms with Crippen LogP contribution in [0.15, 0.2) is 24.5 Å². The first-order chi connectivity index (χ1) is 8.29. The molecule has 0 radical (unpaired) electrons. The third kappa shape index (κ3) is 2.90. The Morgan fingerprint density at radius 3 is 2.18 bits per heavy atom. The lowest BCUT2D eigenvalue weighted by atomic mass is 10.1. The van der Waals surface area contributed by atoms with Crippen molar-refractivity contribution in [2.24, 2.45) is 0 Å². The molecule has 1 aromatic rings. The van der Waals surface area contributed by atoms with Crippen LogP contribution < -0.4 is 0 Å². The molecule has 1 fully saturated rings. The average Bonchev–Trinajstić information content (AvgIpc) is 2.67. The SMILES string of the molecule is O=C(C(=O)N1CCCCCC1)c1ccncc1. The lowest BCUT2D eigenvalue weighted by Gasteiger charge is -2.19. The van der Waals surface area contributed by atoms with Gasteiger partial charge in [0.05, 0.1) is 0 Å². The zero-order valence-electron chi connectivity index (χ0n) is 9.76. The first-order valence-corrected chi connectivity index (χ1v) is 6.02. The van der Waals surface area contributed by atoms with Crippen molar-refractivity contribution in [3.63, 3.8) is 0 Å². The number of hydrogen-bond acceptors (Lipinski definition) is 3. The molecule has 0 spiro atoms. The van der Waals surface area contributed by atoms with Gasteiger partial charge in [-0.3, -0.25) is 14.6 Å². The smallest absolute Gasteiger partial charge is 0.294 e. The van der Waals surface area contributed by atoms with E-state index in [4.69, 9.17) is 0 Å². The highest BCUT2D eigenvalue weighted by Gasteiger charge is 2.23. The van der Waals surface area contributed by atoms with Gasteiger partial charge in [0.2, 0.25) is 5.78 Å². The van der Waals surface area contributed by atoms with E-state index in [1.807, 2.05) is 0 Å². The summed E-state index contributed by atoms with van der Waals surface area (Å²) in [6.07, 6.45) is 7.34.